The Morgan fingerprint density at radius 3 is 2.28 bits per heavy atom. The van der Waals surface area contributed by atoms with Crippen LogP contribution in [0.3, 0.4) is 0 Å². The van der Waals surface area contributed by atoms with Gasteiger partial charge in [0.25, 0.3) is 0 Å². The Kier molecular flexibility index (Phi) is 9.21. The summed E-state index contributed by atoms with van der Waals surface area (Å²) in [7, 11) is 1.86. The van der Waals surface area contributed by atoms with E-state index >= 15 is 0 Å². The number of aryl methyl sites for hydroxylation is 1. The molecule has 1 amide bonds. The molecule has 0 unspecified atom stereocenters. The van der Waals surface area contributed by atoms with Gasteiger partial charge in [-0.1, -0.05) is 54.6 Å². The van der Waals surface area contributed by atoms with Gasteiger partial charge in [0.15, 0.2) is 0 Å². The van der Waals surface area contributed by atoms with Crippen LogP contribution in [0.25, 0.3) is 0 Å². The molecular weight excluding hydrogens is 334 g/mol. The van der Waals surface area contributed by atoms with E-state index < -0.39 is 0 Å². The predicted octanol–water partition coefficient (Wildman–Crippen LogP) is 2.84. The maximum absolute atomic E-state index is 12.6. The van der Waals surface area contributed by atoms with E-state index in [0.717, 1.165) is 6.54 Å². The zero-order chi connectivity index (χ0) is 17.4. The van der Waals surface area contributed by atoms with Gasteiger partial charge in [-0.15, -0.1) is 12.4 Å². The van der Waals surface area contributed by atoms with Gasteiger partial charge in [-0.3, -0.25) is 9.69 Å². The molecule has 0 bridgehead atoms. The molecule has 25 heavy (non-hydrogen) atoms. The van der Waals surface area contributed by atoms with Crippen LogP contribution in [0.1, 0.15) is 16.7 Å². The second kappa shape index (κ2) is 10.9. The van der Waals surface area contributed by atoms with E-state index in [9.17, 15) is 4.79 Å². The molecule has 0 saturated heterocycles. The number of hydrogen-bond donors (Lipinski definition) is 1. The van der Waals surface area contributed by atoms with Gasteiger partial charge in [-0.2, -0.15) is 0 Å². The molecule has 2 rings (SSSR count). The average Bonchev–Trinajstić information content (AvgIpc) is 2.58. The first-order valence-electron chi connectivity index (χ1n) is 8.35. The molecule has 0 aliphatic rings. The van der Waals surface area contributed by atoms with Crippen molar-refractivity contribution in [3.05, 3.63) is 71.3 Å². The van der Waals surface area contributed by atoms with Crippen molar-refractivity contribution in [1.29, 1.82) is 0 Å². The van der Waals surface area contributed by atoms with E-state index in [4.69, 9.17) is 5.73 Å². The third-order valence-electron chi connectivity index (χ3n) is 4.15. The molecule has 4 nitrogen and oxygen atoms in total. The van der Waals surface area contributed by atoms with Gasteiger partial charge in [0.05, 0.1) is 6.54 Å². The Morgan fingerprint density at radius 1 is 1.00 bits per heavy atom. The summed E-state index contributed by atoms with van der Waals surface area (Å²) in [6.45, 7) is 5.08. The largest absolute Gasteiger partial charge is 0.340 e. The van der Waals surface area contributed by atoms with Crippen LogP contribution in [-0.4, -0.2) is 42.4 Å². The van der Waals surface area contributed by atoms with E-state index in [1.165, 1.54) is 16.7 Å². The van der Waals surface area contributed by atoms with Gasteiger partial charge in [0.1, 0.15) is 0 Å². The molecule has 0 spiro atoms. The van der Waals surface area contributed by atoms with Gasteiger partial charge < -0.3 is 10.6 Å². The topological polar surface area (TPSA) is 49.6 Å². The monoisotopic (exact) mass is 361 g/mol. The molecule has 5 heteroatoms. The summed E-state index contributed by atoms with van der Waals surface area (Å²) < 4.78 is 0. The number of carbonyl (C=O) groups excluding carboxylic acids is 1. The summed E-state index contributed by atoms with van der Waals surface area (Å²) >= 11 is 0. The Morgan fingerprint density at radius 2 is 1.64 bits per heavy atom. The number of carbonyl (C=O) groups is 1. The normalized spacial score (nSPS) is 10.4. The highest BCUT2D eigenvalue weighted by atomic mass is 35.5. The van der Waals surface area contributed by atoms with Gasteiger partial charge >= 0.3 is 0 Å². The van der Waals surface area contributed by atoms with Crippen molar-refractivity contribution in [2.24, 2.45) is 5.73 Å². The van der Waals surface area contributed by atoms with Crippen LogP contribution in [-0.2, 0) is 17.9 Å². The maximum Gasteiger partial charge on any atom is 0.236 e. The summed E-state index contributed by atoms with van der Waals surface area (Å²) in [6, 6.07) is 18.4. The van der Waals surface area contributed by atoms with Crippen molar-refractivity contribution in [2.75, 3.05) is 26.7 Å². The lowest BCUT2D eigenvalue weighted by atomic mass is 10.1. The van der Waals surface area contributed by atoms with Crippen LogP contribution in [0, 0.1) is 6.92 Å². The minimum absolute atomic E-state index is 0. The molecule has 0 radical (unpaired) electrons. The Labute approximate surface area is 157 Å². The predicted molar refractivity (Wildman–Crippen MR) is 106 cm³/mol. The first-order chi connectivity index (χ1) is 11.6. The molecule has 0 atom stereocenters. The van der Waals surface area contributed by atoms with Crippen LogP contribution in [0.5, 0.6) is 0 Å². The minimum atomic E-state index is 0. The van der Waals surface area contributed by atoms with Gasteiger partial charge in [0, 0.05) is 33.2 Å². The highest BCUT2D eigenvalue weighted by molar-refractivity contribution is 5.85. The fraction of sp³-hybridized carbons (Fsp3) is 0.350. The Bertz CT molecular complexity index is 648. The van der Waals surface area contributed by atoms with E-state index in [2.05, 4.69) is 36.1 Å². The van der Waals surface area contributed by atoms with E-state index in [1.54, 1.807) is 4.90 Å². The van der Waals surface area contributed by atoms with Crippen LogP contribution in [0.2, 0.25) is 0 Å². The van der Waals surface area contributed by atoms with Crippen molar-refractivity contribution in [3.8, 4) is 0 Å². The molecule has 0 saturated carbocycles. The Balaban J connectivity index is 0.00000312. The molecule has 0 fully saturated rings. The van der Waals surface area contributed by atoms with Gasteiger partial charge in [0.2, 0.25) is 5.91 Å². The van der Waals surface area contributed by atoms with E-state index in [-0.39, 0.29) is 18.3 Å². The first kappa shape index (κ1) is 21.2. The van der Waals surface area contributed by atoms with Crippen molar-refractivity contribution in [3.63, 3.8) is 0 Å². The molecule has 136 valence electrons. The van der Waals surface area contributed by atoms with E-state index in [1.807, 2.05) is 37.4 Å². The molecule has 2 aromatic carbocycles. The number of likely N-dealkylation sites (N-methyl/N-ethyl adjacent to an activating group) is 1. The van der Waals surface area contributed by atoms with E-state index in [0.29, 0.717) is 26.2 Å². The number of hydrogen-bond acceptors (Lipinski definition) is 3. The lowest BCUT2D eigenvalue weighted by Crippen LogP contribution is -2.40. The molecule has 0 aromatic heterocycles. The second-order valence-corrected chi connectivity index (χ2v) is 6.16. The third kappa shape index (κ3) is 6.86. The molecule has 0 aliphatic carbocycles. The number of halogens is 1. The smallest absolute Gasteiger partial charge is 0.236 e. The molecule has 0 aliphatic heterocycles. The second-order valence-electron chi connectivity index (χ2n) is 6.16. The molecule has 2 N–H and O–H groups in total. The first-order valence-corrected chi connectivity index (χ1v) is 8.35. The Hall–Kier alpha value is -1.88. The number of benzene rings is 2. The van der Waals surface area contributed by atoms with Gasteiger partial charge in [-0.25, -0.2) is 0 Å². The standard InChI is InChI=1S/C20H27N3O.ClH/c1-17-8-6-7-11-19(17)15-22(2)20(24)16-23(13-12-21)14-18-9-4-3-5-10-18;/h3-11H,12-16,21H2,1-2H3;1H. The van der Waals surface area contributed by atoms with Crippen molar-refractivity contribution < 1.29 is 4.79 Å². The average molecular weight is 362 g/mol. The fourth-order valence-electron chi connectivity index (χ4n) is 2.68. The summed E-state index contributed by atoms with van der Waals surface area (Å²) in [5.74, 6) is 0.114. The summed E-state index contributed by atoms with van der Waals surface area (Å²) in [5.41, 5.74) is 9.30. The maximum atomic E-state index is 12.6. The number of rotatable bonds is 8. The number of nitrogens with two attached hydrogens (primary N) is 1. The third-order valence-corrected chi connectivity index (χ3v) is 4.15. The zero-order valence-corrected chi connectivity index (χ0v) is 15.8. The van der Waals surface area contributed by atoms with Crippen molar-refractivity contribution in [2.45, 2.75) is 20.0 Å². The lowest BCUT2D eigenvalue weighted by Gasteiger charge is -2.25. The molecule has 0 heterocycles. The quantitative estimate of drug-likeness (QED) is 0.786. The fourth-order valence-corrected chi connectivity index (χ4v) is 2.68. The van der Waals surface area contributed by atoms with Crippen LogP contribution in [0.4, 0.5) is 0 Å². The van der Waals surface area contributed by atoms with Crippen LogP contribution in [0.15, 0.2) is 54.6 Å². The molecule has 2 aromatic rings. The zero-order valence-electron chi connectivity index (χ0n) is 15.0. The van der Waals surface area contributed by atoms with Gasteiger partial charge in [-0.05, 0) is 23.6 Å². The molecular formula is C20H28ClN3O. The summed E-state index contributed by atoms with van der Waals surface area (Å²) in [4.78, 5) is 16.5. The SMILES string of the molecule is Cc1ccccc1CN(C)C(=O)CN(CCN)Cc1ccccc1.Cl. The summed E-state index contributed by atoms with van der Waals surface area (Å²) in [5, 5.41) is 0. The van der Waals surface area contributed by atoms with Crippen LogP contribution < -0.4 is 5.73 Å². The number of nitrogens with zero attached hydrogens (tertiary/aromatic N) is 2. The van der Waals surface area contributed by atoms with Crippen LogP contribution >= 0.6 is 12.4 Å². The number of amides is 1. The highest BCUT2D eigenvalue weighted by Gasteiger charge is 2.15. The lowest BCUT2D eigenvalue weighted by molar-refractivity contribution is -0.131. The van der Waals surface area contributed by atoms with Crippen molar-refractivity contribution in [1.82, 2.24) is 9.80 Å². The summed E-state index contributed by atoms with van der Waals surface area (Å²) in [6.07, 6.45) is 0. The van der Waals surface area contributed by atoms with Crippen molar-refractivity contribution >= 4 is 18.3 Å². The minimum Gasteiger partial charge on any atom is -0.340 e. The highest BCUT2D eigenvalue weighted by Crippen LogP contribution is 2.10.